The van der Waals surface area contributed by atoms with Crippen molar-refractivity contribution in [2.45, 2.75) is 29.8 Å². The third kappa shape index (κ3) is 5.64. The molecule has 1 aliphatic heterocycles. The summed E-state index contributed by atoms with van der Waals surface area (Å²) in [6, 6.07) is 25.8. The molecule has 0 atom stereocenters. The lowest BCUT2D eigenvalue weighted by atomic mass is 10.0. The van der Waals surface area contributed by atoms with Crippen molar-refractivity contribution in [1.82, 2.24) is 9.03 Å². The molecule has 1 aliphatic rings. The number of amides is 2. The van der Waals surface area contributed by atoms with Gasteiger partial charge in [-0.05, 0) is 60.5 Å². The van der Waals surface area contributed by atoms with E-state index in [-0.39, 0.29) is 34.0 Å². The summed E-state index contributed by atoms with van der Waals surface area (Å²) in [6.45, 7) is 2.32. The highest BCUT2D eigenvalue weighted by atomic mass is 32.2. The summed E-state index contributed by atoms with van der Waals surface area (Å²) in [7, 11) is -6.84. The number of aryl methyl sites for hydroxylation is 1. The molecule has 4 aromatic carbocycles. The Balaban J connectivity index is 1.34. The highest BCUT2D eigenvalue weighted by molar-refractivity contribution is 7.90. The van der Waals surface area contributed by atoms with Crippen molar-refractivity contribution in [2.75, 3.05) is 11.9 Å². The van der Waals surface area contributed by atoms with Crippen molar-refractivity contribution in [3.8, 4) is 0 Å². The normalized spacial score (nSPS) is 13.3. The molecular weight excluding hydrogens is 562 g/mol. The lowest BCUT2D eigenvalue weighted by Crippen LogP contribution is -2.32. The zero-order chi connectivity index (χ0) is 29.4. The Morgan fingerprint density at radius 3 is 2.12 bits per heavy atom. The van der Waals surface area contributed by atoms with Crippen molar-refractivity contribution in [1.29, 1.82) is 0 Å². The molecular formula is C30H27N3O6S2. The van der Waals surface area contributed by atoms with Crippen molar-refractivity contribution < 1.29 is 26.4 Å². The van der Waals surface area contributed by atoms with Crippen molar-refractivity contribution in [3.05, 3.63) is 125 Å². The molecule has 9 nitrogen and oxygen atoms in total. The fourth-order valence-corrected chi connectivity index (χ4v) is 6.74. The van der Waals surface area contributed by atoms with Crippen LogP contribution in [0.2, 0.25) is 0 Å². The first-order chi connectivity index (χ1) is 19.5. The second-order valence-corrected chi connectivity index (χ2v) is 13.4. The van der Waals surface area contributed by atoms with Gasteiger partial charge in [0.1, 0.15) is 0 Å². The molecule has 0 spiro atoms. The zero-order valence-corrected chi connectivity index (χ0v) is 23.9. The predicted molar refractivity (Wildman–Crippen MR) is 154 cm³/mol. The lowest BCUT2D eigenvalue weighted by Gasteiger charge is -2.17. The number of carbonyl (C=O) groups is 2. The number of rotatable bonds is 8. The van der Waals surface area contributed by atoms with E-state index in [1.807, 2.05) is 54.1 Å². The number of carbonyl (C=O) groups excluding carboxylic acids is 2. The molecule has 0 aliphatic carbocycles. The summed E-state index contributed by atoms with van der Waals surface area (Å²) in [5.74, 6) is -1.36. The highest BCUT2D eigenvalue weighted by Crippen LogP contribution is 2.31. The molecule has 1 N–H and O–H groups in total. The quantitative estimate of drug-likeness (QED) is 0.331. The Morgan fingerprint density at radius 1 is 0.829 bits per heavy atom. The number of benzene rings is 4. The summed E-state index contributed by atoms with van der Waals surface area (Å²) >= 11 is 0. The standard InChI is InChI=1S/C30H27N3O6S2/c1-21-11-13-24(14-12-21)33-20-23-9-6-10-27(28(23)30(33)35)29(34)31-40(36,37)25-15-17-26(18-16-25)41(38,39)32(2)19-22-7-4-3-5-8-22/h3-18H,19-20H2,1-2H3,(H,31,34). The van der Waals surface area contributed by atoms with Crippen molar-refractivity contribution >= 4 is 37.5 Å². The van der Waals surface area contributed by atoms with Gasteiger partial charge in [0.2, 0.25) is 10.0 Å². The van der Waals surface area contributed by atoms with Gasteiger partial charge in [0, 0.05) is 19.3 Å². The van der Waals surface area contributed by atoms with Crippen LogP contribution in [0.5, 0.6) is 0 Å². The molecule has 210 valence electrons. The molecule has 11 heteroatoms. The molecule has 41 heavy (non-hydrogen) atoms. The Bertz CT molecular complexity index is 1840. The zero-order valence-electron chi connectivity index (χ0n) is 22.3. The van der Waals surface area contributed by atoms with Gasteiger partial charge in [0.15, 0.2) is 0 Å². The van der Waals surface area contributed by atoms with E-state index >= 15 is 0 Å². The molecule has 0 saturated heterocycles. The minimum absolute atomic E-state index is 0.0626. The fraction of sp³-hybridized carbons (Fsp3) is 0.133. The summed E-state index contributed by atoms with van der Waals surface area (Å²) in [5, 5.41) is 0. The average Bonchev–Trinajstić information content (AvgIpc) is 3.30. The summed E-state index contributed by atoms with van der Waals surface area (Å²) in [6.07, 6.45) is 0. The molecule has 0 saturated carbocycles. The monoisotopic (exact) mass is 589 g/mol. The summed E-state index contributed by atoms with van der Waals surface area (Å²) in [4.78, 5) is 27.6. The number of hydrogen-bond donors (Lipinski definition) is 1. The van der Waals surface area contributed by atoms with Crippen LogP contribution in [0.1, 0.15) is 37.4 Å². The van der Waals surface area contributed by atoms with Crippen LogP contribution in [0.25, 0.3) is 0 Å². The van der Waals surface area contributed by atoms with Crippen LogP contribution in [0.3, 0.4) is 0 Å². The maximum Gasteiger partial charge on any atom is 0.265 e. The van der Waals surface area contributed by atoms with Crippen LogP contribution < -0.4 is 9.62 Å². The van der Waals surface area contributed by atoms with Crippen molar-refractivity contribution in [3.63, 3.8) is 0 Å². The van der Waals surface area contributed by atoms with Crippen LogP contribution in [-0.4, -0.2) is 40.0 Å². The fourth-order valence-electron chi connectivity index (χ4n) is 4.62. The SMILES string of the molecule is Cc1ccc(N2Cc3cccc(C(=O)NS(=O)(=O)c4ccc(S(=O)(=O)N(C)Cc5ccccc5)cc4)c3C2=O)cc1. The molecule has 0 bridgehead atoms. The second kappa shape index (κ2) is 10.9. The smallest absolute Gasteiger partial charge is 0.265 e. The Labute approximate surface area is 239 Å². The molecule has 1 heterocycles. The Kier molecular flexibility index (Phi) is 7.52. The van der Waals surface area contributed by atoms with E-state index in [1.165, 1.54) is 34.5 Å². The van der Waals surface area contributed by atoms with Gasteiger partial charge < -0.3 is 4.90 Å². The maximum atomic E-state index is 13.3. The second-order valence-electron chi connectivity index (χ2n) is 9.72. The summed E-state index contributed by atoms with van der Waals surface area (Å²) in [5.41, 5.74) is 3.19. The van der Waals surface area contributed by atoms with Gasteiger partial charge in [-0.3, -0.25) is 9.59 Å². The number of hydrogen-bond acceptors (Lipinski definition) is 6. The third-order valence-corrected chi connectivity index (χ3v) is 10.0. The van der Waals surface area contributed by atoms with Crippen LogP contribution in [0.15, 0.2) is 107 Å². The largest absolute Gasteiger partial charge is 0.304 e. The molecule has 0 aromatic heterocycles. The molecule has 0 fully saturated rings. The summed E-state index contributed by atoms with van der Waals surface area (Å²) < 4.78 is 55.3. The molecule has 0 radical (unpaired) electrons. The first-order valence-corrected chi connectivity index (χ1v) is 15.6. The minimum atomic E-state index is -4.38. The molecule has 4 aromatic rings. The van der Waals surface area contributed by atoms with E-state index in [0.29, 0.717) is 11.3 Å². The van der Waals surface area contributed by atoms with E-state index in [0.717, 1.165) is 23.3 Å². The number of nitrogens with zero attached hydrogens (tertiary/aromatic N) is 2. The molecule has 2 amide bonds. The van der Waals surface area contributed by atoms with Gasteiger partial charge in [0.05, 0.1) is 27.5 Å². The lowest BCUT2D eigenvalue weighted by molar-refractivity contribution is 0.0956. The number of nitrogens with one attached hydrogen (secondary N) is 1. The topological polar surface area (TPSA) is 121 Å². The van der Waals surface area contributed by atoms with Gasteiger partial charge >= 0.3 is 0 Å². The van der Waals surface area contributed by atoms with E-state index in [9.17, 15) is 26.4 Å². The van der Waals surface area contributed by atoms with Crippen LogP contribution >= 0.6 is 0 Å². The van der Waals surface area contributed by atoms with E-state index < -0.39 is 31.9 Å². The highest BCUT2D eigenvalue weighted by Gasteiger charge is 2.34. The first-order valence-electron chi connectivity index (χ1n) is 12.7. The van der Waals surface area contributed by atoms with Gasteiger partial charge in [-0.25, -0.2) is 21.6 Å². The van der Waals surface area contributed by atoms with Gasteiger partial charge in [-0.2, -0.15) is 4.31 Å². The average molecular weight is 590 g/mol. The van der Waals surface area contributed by atoms with E-state index in [2.05, 4.69) is 0 Å². The molecule has 0 unspecified atom stereocenters. The number of sulfonamides is 2. The maximum absolute atomic E-state index is 13.3. The number of anilines is 1. The Hall–Kier alpha value is -4.32. The van der Waals surface area contributed by atoms with E-state index in [4.69, 9.17) is 0 Å². The van der Waals surface area contributed by atoms with Gasteiger partial charge in [-0.15, -0.1) is 0 Å². The Morgan fingerprint density at radius 2 is 1.46 bits per heavy atom. The van der Waals surface area contributed by atoms with E-state index in [1.54, 1.807) is 24.3 Å². The number of fused-ring (bicyclic) bond motifs is 1. The van der Waals surface area contributed by atoms with Crippen molar-refractivity contribution in [2.24, 2.45) is 0 Å². The van der Waals surface area contributed by atoms with Crippen LogP contribution in [0, 0.1) is 6.92 Å². The third-order valence-electron chi connectivity index (χ3n) is 6.85. The van der Waals surface area contributed by atoms with Gasteiger partial charge in [-0.1, -0.05) is 60.2 Å². The van der Waals surface area contributed by atoms with Crippen LogP contribution in [0.4, 0.5) is 5.69 Å². The van der Waals surface area contributed by atoms with Gasteiger partial charge in [0.25, 0.3) is 21.8 Å². The molecule has 5 rings (SSSR count). The minimum Gasteiger partial charge on any atom is -0.304 e. The predicted octanol–water partition coefficient (Wildman–Crippen LogP) is 4.09. The first kappa shape index (κ1) is 28.2. The van der Waals surface area contributed by atoms with Crippen LogP contribution in [-0.2, 0) is 33.1 Å².